The zero-order valence-electron chi connectivity index (χ0n) is 11.8. The maximum atomic E-state index is 12.1. The highest BCUT2D eigenvalue weighted by atomic mass is 16.2. The molecule has 2 N–H and O–H groups in total. The lowest BCUT2D eigenvalue weighted by Crippen LogP contribution is -2.25. The molecule has 0 spiro atoms. The second-order valence-electron chi connectivity index (χ2n) is 4.48. The van der Waals surface area contributed by atoms with Crippen LogP contribution < -0.4 is 10.6 Å². The summed E-state index contributed by atoms with van der Waals surface area (Å²) in [6, 6.07) is 10.4. The number of rotatable bonds is 5. The van der Waals surface area contributed by atoms with Gasteiger partial charge in [0.2, 0.25) is 0 Å². The molecule has 2 rings (SSSR count). The fourth-order valence-electron chi connectivity index (χ4n) is 1.85. The van der Waals surface area contributed by atoms with Crippen LogP contribution in [0.1, 0.15) is 33.2 Å². The van der Waals surface area contributed by atoms with Gasteiger partial charge in [-0.25, -0.2) is 0 Å². The van der Waals surface area contributed by atoms with E-state index >= 15 is 0 Å². The molecule has 0 saturated heterocycles. The Balaban J connectivity index is 2.02. The van der Waals surface area contributed by atoms with Crippen LogP contribution in [0.4, 0.5) is 0 Å². The quantitative estimate of drug-likeness (QED) is 0.878. The second kappa shape index (κ2) is 7.19. The van der Waals surface area contributed by atoms with E-state index in [0.29, 0.717) is 24.2 Å². The molecule has 2 amide bonds. The molecule has 2 aromatic rings. The summed E-state index contributed by atoms with van der Waals surface area (Å²) in [6.07, 6.45) is 3.38. The van der Waals surface area contributed by atoms with Crippen LogP contribution >= 0.6 is 0 Å². The molecule has 0 saturated carbocycles. The minimum Gasteiger partial charge on any atom is -0.352 e. The lowest BCUT2D eigenvalue weighted by atomic mass is 10.1. The molecule has 0 bridgehead atoms. The zero-order chi connectivity index (χ0) is 15.1. The molecule has 0 fully saturated rings. The van der Waals surface area contributed by atoms with Gasteiger partial charge in [0.05, 0.1) is 0 Å². The number of pyridine rings is 1. The molecule has 5 nitrogen and oxygen atoms in total. The molecule has 0 atom stereocenters. The molecule has 0 unspecified atom stereocenters. The molecule has 5 heteroatoms. The third kappa shape index (κ3) is 4.14. The average molecular weight is 283 g/mol. The lowest BCUT2D eigenvalue weighted by molar-refractivity contribution is 0.0951. The number of benzene rings is 1. The van der Waals surface area contributed by atoms with E-state index in [1.807, 2.05) is 19.1 Å². The summed E-state index contributed by atoms with van der Waals surface area (Å²) in [5.41, 5.74) is 1.86. The van der Waals surface area contributed by atoms with Crippen LogP contribution in [0.5, 0.6) is 0 Å². The van der Waals surface area contributed by atoms with E-state index in [1.54, 1.807) is 36.7 Å². The molecule has 0 aliphatic carbocycles. The van der Waals surface area contributed by atoms with Gasteiger partial charge < -0.3 is 10.6 Å². The standard InChI is InChI=1S/C16H17N3O2/c1-2-18-15(20)13-6-3-7-14(9-13)16(21)19-11-12-5-4-8-17-10-12/h3-10H,2,11H2,1H3,(H,18,20)(H,19,21). The smallest absolute Gasteiger partial charge is 0.251 e. The number of aromatic nitrogens is 1. The molecule has 1 aromatic carbocycles. The van der Waals surface area contributed by atoms with Crippen LogP contribution in [0.2, 0.25) is 0 Å². The van der Waals surface area contributed by atoms with Crippen molar-refractivity contribution in [2.75, 3.05) is 6.54 Å². The highest BCUT2D eigenvalue weighted by Crippen LogP contribution is 2.06. The van der Waals surface area contributed by atoms with Crippen molar-refractivity contribution in [1.29, 1.82) is 0 Å². The fourth-order valence-corrected chi connectivity index (χ4v) is 1.85. The van der Waals surface area contributed by atoms with Gasteiger partial charge in [0.1, 0.15) is 0 Å². The van der Waals surface area contributed by atoms with Crippen molar-refractivity contribution in [2.45, 2.75) is 13.5 Å². The van der Waals surface area contributed by atoms with Gasteiger partial charge >= 0.3 is 0 Å². The Kier molecular flexibility index (Phi) is 5.04. The topological polar surface area (TPSA) is 71.1 Å². The van der Waals surface area contributed by atoms with Crippen molar-refractivity contribution < 1.29 is 9.59 Å². The first-order valence-electron chi connectivity index (χ1n) is 6.76. The van der Waals surface area contributed by atoms with Crippen LogP contribution in [0, 0.1) is 0 Å². The van der Waals surface area contributed by atoms with E-state index < -0.39 is 0 Å². The molecular weight excluding hydrogens is 266 g/mol. The summed E-state index contributed by atoms with van der Waals surface area (Å²) in [7, 11) is 0. The molecule has 108 valence electrons. The number of hydrogen-bond acceptors (Lipinski definition) is 3. The molecule has 0 radical (unpaired) electrons. The zero-order valence-corrected chi connectivity index (χ0v) is 11.8. The third-order valence-electron chi connectivity index (χ3n) is 2.90. The largest absolute Gasteiger partial charge is 0.352 e. The van der Waals surface area contributed by atoms with Crippen LogP contribution in [0.25, 0.3) is 0 Å². The van der Waals surface area contributed by atoms with E-state index in [4.69, 9.17) is 0 Å². The monoisotopic (exact) mass is 283 g/mol. The summed E-state index contributed by atoms with van der Waals surface area (Å²) in [5, 5.41) is 5.51. The van der Waals surface area contributed by atoms with Crippen molar-refractivity contribution in [3.8, 4) is 0 Å². The van der Waals surface area contributed by atoms with Crippen molar-refractivity contribution in [3.63, 3.8) is 0 Å². The highest BCUT2D eigenvalue weighted by molar-refractivity contribution is 5.99. The van der Waals surface area contributed by atoms with Crippen molar-refractivity contribution in [3.05, 3.63) is 65.5 Å². The Bertz CT molecular complexity index is 626. The second-order valence-corrected chi connectivity index (χ2v) is 4.48. The van der Waals surface area contributed by atoms with Gasteiger partial charge in [-0.1, -0.05) is 12.1 Å². The first-order valence-corrected chi connectivity index (χ1v) is 6.76. The summed E-state index contributed by atoms with van der Waals surface area (Å²) in [6.45, 7) is 2.80. The van der Waals surface area contributed by atoms with Gasteiger partial charge in [0.15, 0.2) is 0 Å². The minimum atomic E-state index is -0.218. The Labute approximate surface area is 123 Å². The molecule has 0 aliphatic heterocycles. The van der Waals surface area contributed by atoms with Gasteiger partial charge in [-0.2, -0.15) is 0 Å². The van der Waals surface area contributed by atoms with Crippen LogP contribution in [-0.4, -0.2) is 23.3 Å². The molecular formula is C16H17N3O2. The van der Waals surface area contributed by atoms with E-state index in [9.17, 15) is 9.59 Å². The number of carbonyl (C=O) groups is 2. The molecule has 21 heavy (non-hydrogen) atoms. The lowest BCUT2D eigenvalue weighted by Gasteiger charge is -2.07. The first-order chi connectivity index (χ1) is 10.2. The maximum Gasteiger partial charge on any atom is 0.251 e. The number of amides is 2. The van der Waals surface area contributed by atoms with Crippen LogP contribution in [-0.2, 0) is 6.54 Å². The first kappa shape index (κ1) is 14.7. The summed E-state index contributed by atoms with van der Waals surface area (Å²) in [4.78, 5) is 27.8. The number of nitrogens with zero attached hydrogens (tertiary/aromatic N) is 1. The third-order valence-corrected chi connectivity index (χ3v) is 2.90. The van der Waals surface area contributed by atoms with E-state index in [-0.39, 0.29) is 11.8 Å². The van der Waals surface area contributed by atoms with Crippen molar-refractivity contribution in [1.82, 2.24) is 15.6 Å². The summed E-state index contributed by atoms with van der Waals surface area (Å²) < 4.78 is 0. The normalized spacial score (nSPS) is 9.95. The number of hydrogen-bond donors (Lipinski definition) is 2. The molecule has 0 aliphatic rings. The van der Waals surface area contributed by atoms with Gasteiger partial charge in [-0.3, -0.25) is 14.6 Å². The van der Waals surface area contributed by atoms with Gasteiger partial charge in [-0.05, 0) is 36.8 Å². The van der Waals surface area contributed by atoms with E-state index in [2.05, 4.69) is 15.6 Å². The van der Waals surface area contributed by atoms with Gasteiger partial charge in [0, 0.05) is 36.6 Å². The van der Waals surface area contributed by atoms with E-state index in [0.717, 1.165) is 5.56 Å². The Morgan fingerprint density at radius 1 is 1.05 bits per heavy atom. The highest BCUT2D eigenvalue weighted by Gasteiger charge is 2.09. The number of nitrogens with one attached hydrogen (secondary N) is 2. The average Bonchev–Trinajstić information content (AvgIpc) is 2.54. The van der Waals surface area contributed by atoms with E-state index in [1.165, 1.54) is 0 Å². The Morgan fingerprint density at radius 2 is 1.76 bits per heavy atom. The van der Waals surface area contributed by atoms with Crippen LogP contribution in [0.3, 0.4) is 0 Å². The summed E-state index contributed by atoms with van der Waals surface area (Å²) in [5.74, 6) is -0.399. The maximum absolute atomic E-state index is 12.1. The predicted octanol–water partition coefficient (Wildman–Crippen LogP) is 1.76. The predicted molar refractivity (Wildman–Crippen MR) is 79.9 cm³/mol. The van der Waals surface area contributed by atoms with Crippen molar-refractivity contribution in [2.24, 2.45) is 0 Å². The van der Waals surface area contributed by atoms with Crippen molar-refractivity contribution >= 4 is 11.8 Å². The SMILES string of the molecule is CCNC(=O)c1cccc(C(=O)NCc2cccnc2)c1. The fraction of sp³-hybridized carbons (Fsp3) is 0.188. The summed E-state index contributed by atoms with van der Waals surface area (Å²) >= 11 is 0. The Morgan fingerprint density at radius 3 is 2.38 bits per heavy atom. The van der Waals surface area contributed by atoms with Gasteiger partial charge in [-0.15, -0.1) is 0 Å². The van der Waals surface area contributed by atoms with Crippen LogP contribution in [0.15, 0.2) is 48.8 Å². The number of carbonyl (C=O) groups excluding carboxylic acids is 2. The Hall–Kier alpha value is -2.69. The minimum absolute atomic E-state index is 0.181. The molecule has 1 aromatic heterocycles. The van der Waals surface area contributed by atoms with Gasteiger partial charge in [0.25, 0.3) is 11.8 Å². The molecule has 1 heterocycles.